The molecule has 0 aliphatic rings. The van der Waals surface area contributed by atoms with Crippen LogP contribution in [0.4, 0.5) is 0 Å². The van der Waals surface area contributed by atoms with E-state index in [4.69, 9.17) is 18.9 Å². The highest BCUT2D eigenvalue weighted by molar-refractivity contribution is 9.09. The minimum absolute atomic E-state index is 0.381. The fourth-order valence-electron chi connectivity index (χ4n) is 2.16. The molecule has 0 fully saturated rings. The maximum absolute atomic E-state index is 11.8. The van der Waals surface area contributed by atoms with Crippen molar-refractivity contribution in [1.29, 1.82) is 0 Å². The van der Waals surface area contributed by atoms with Gasteiger partial charge in [-0.2, -0.15) is 0 Å². The first kappa shape index (κ1) is 19.1. The normalized spacial score (nSPS) is 11.5. The molecule has 2 aromatic rings. The maximum atomic E-state index is 11.8. The zero-order valence-corrected chi connectivity index (χ0v) is 15.8. The average Bonchev–Trinajstić information content (AvgIpc) is 2.66. The van der Waals surface area contributed by atoms with E-state index in [0.29, 0.717) is 29.9 Å². The Kier molecular flexibility index (Phi) is 7.60. The van der Waals surface area contributed by atoms with Crippen molar-refractivity contribution in [3.8, 4) is 17.2 Å². The van der Waals surface area contributed by atoms with Crippen LogP contribution in [0.3, 0.4) is 0 Å². The molecule has 0 amide bonds. The first-order valence-corrected chi connectivity index (χ1v) is 8.95. The number of methoxy groups -OCH3 is 2. The molecule has 1 atom stereocenters. The van der Waals surface area contributed by atoms with E-state index in [-0.39, 0.29) is 0 Å². The molecule has 0 aliphatic heterocycles. The highest BCUT2D eigenvalue weighted by atomic mass is 79.9. The summed E-state index contributed by atoms with van der Waals surface area (Å²) in [5.74, 6) is 1.46. The second-order valence-electron chi connectivity index (χ2n) is 5.19. The number of hydrogen-bond acceptors (Lipinski definition) is 5. The van der Waals surface area contributed by atoms with Gasteiger partial charge in [0.1, 0.15) is 12.4 Å². The van der Waals surface area contributed by atoms with E-state index < -0.39 is 12.1 Å². The van der Waals surface area contributed by atoms with Crippen molar-refractivity contribution >= 4 is 21.9 Å². The van der Waals surface area contributed by atoms with Crippen LogP contribution in [0.15, 0.2) is 48.5 Å². The molecule has 5 nitrogen and oxygen atoms in total. The summed E-state index contributed by atoms with van der Waals surface area (Å²) in [6.45, 7) is 0.381. The van der Waals surface area contributed by atoms with Crippen molar-refractivity contribution in [1.82, 2.24) is 0 Å². The lowest BCUT2D eigenvalue weighted by atomic mass is 10.2. The van der Waals surface area contributed by atoms with Crippen LogP contribution in [0.25, 0.3) is 0 Å². The summed E-state index contributed by atoms with van der Waals surface area (Å²) in [5, 5.41) is 0.627. The van der Waals surface area contributed by atoms with Crippen molar-refractivity contribution in [2.45, 2.75) is 19.1 Å². The van der Waals surface area contributed by atoms with Crippen LogP contribution in [0.2, 0.25) is 0 Å². The topological polar surface area (TPSA) is 54.0 Å². The number of esters is 1. The van der Waals surface area contributed by atoms with Crippen molar-refractivity contribution in [2.75, 3.05) is 19.5 Å². The number of hydrogen-bond donors (Lipinski definition) is 0. The summed E-state index contributed by atoms with van der Waals surface area (Å²) in [6.07, 6.45) is -0.186. The Morgan fingerprint density at radius 2 is 1.72 bits per heavy atom. The molecule has 6 heteroatoms. The van der Waals surface area contributed by atoms with Crippen molar-refractivity contribution in [2.24, 2.45) is 0 Å². The van der Waals surface area contributed by atoms with Gasteiger partial charge in [0.05, 0.1) is 14.2 Å². The van der Waals surface area contributed by atoms with E-state index in [1.807, 2.05) is 36.4 Å². The van der Waals surface area contributed by atoms with Crippen LogP contribution in [0, 0.1) is 0 Å². The molecule has 2 aromatic carbocycles. The minimum atomic E-state index is -0.685. The summed E-state index contributed by atoms with van der Waals surface area (Å²) >= 11 is 3.32. The van der Waals surface area contributed by atoms with Gasteiger partial charge in [0, 0.05) is 11.8 Å². The number of alkyl halides is 1. The molecule has 0 N–H and O–H groups in total. The molecule has 0 saturated heterocycles. The van der Waals surface area contributed by atoms with Gasteiger partial charge < -0.3 is 18.9 Å². The summed E-state index contributed by atoms with van der Waals surface area (Å²) in [4.78, 5) is 11.8. The van der Waals surface area contributed by atoms with Gasteiger partial charge in [0.2, 0.25) is 0 Å². The van der Waals surface area contributed by atoms with E-state index in [0.717, 1.165) is 11.3 Å². The van der Waals surface area contributed by atoms with Gasteiger partial charge in [0.25, 0.3) is 0 Å². The number of ether oxygens (including phenoxy) is 4. The lowest BCUT2D eigenvalue weighted by molar-refractivity contribution is -0.148. The molecule has 0 saturated carbocycles. The number of benzene rings is 2. The van der Waals surface area contributed by atoms with Gasteiger partial charge >= 0.3 is 5.97 Å². The van der Waals surface area contributed by atoms with Crippen LogP contribution < -0.4 is 14.2 Å². The van der Waals surface area contributed by atoms with Gasteiger partial charge in [-0.1, -0.05) is 40.2 Å². The zero-order chi connectivity index (χ0) is 18.1. The first-order valence-electron chi connectivity index (χ1n) is 7.83. The van der Waals surface area contributed by atoms with Crippen LogP contribution >= 0.6 is 15.9 Å². The standard InChI is InChI=1S/C19H21BrO5/c1-22-15-9-7-14(8-10-15)13-24-16-5-3-4-6-17(16)25-18(11-12-20)19(21)23-2/h3-10,18H,11-13H2,1-2H3/t18-/m1/s1. The Balaban J connectivity index is 2.07. The smallest absolute Gasteiger partial charge is 0.347 e. The number of para-hydroxylation sites is 2. The second kappa shape index (κ2) is 9.93. The molecule has 0 bridgehead atoms. The van der Waals surface area contributed by atoms with Gasteiger partial charge in [0.15, 0.2) is 17.6 Å². The van der Waals surface area contributed by atoms with Gasteiger partial charge in [-0.3, -0.25) is 0 Å². The molecule has 0 aromatic heterocycles. The number of rotatable bonds is 9. The summed E-state index contributed by atoms with van der Waals surface area (Å²) in [6, 6.07) is 14.9. The summed E-state index contributed by atoms with van der Waals surface area (Å²) in [7, 11) is 2.97. The van der Waals surface area contributed by atoms with Gasteiger partial charge in [-0.15, -0.1) is 0 Å². The molecular weight excluding hydrogens is 388 g/mol. The molecule has 0 aliphatic carbocycles. The lowest BCUT2D eigenvalue weighted by Crippen LogP contribution is -2.29. The highest BCUT2D eigenvalue weighted by Gasteiger charge is 2.22. The van der Waals surface area contributed by atoms with Crippen molar-refractivity contribution in [3.05, 3.63) is 54.1 Å². The molecule has 134 valence electrons. The first-order chi connectivity index (χ1) is 12.2. The van der Waals surface area contributed by atoms with E-state index in [2.05, 4.69) is 15.9 Å². The Hall–Kier alpha value is -2.21. The Morgan fingerprint density at radius 1 is 1.04 bits per heavy atom. The SMILES string of the molecule is COC(=O)[C@@H](CCBr)Oc1ccccc1OCc1ccc(OC)cc1. The average molecular weight is 409 g/mol. The predicted octanol–water partition coefficient (Wildman–Crippen LogP) is 3.98. The van der Waals surface area contributed by atoms with Crippen LogP contribution in [0.1, 0.15) is 12.0 Å². The fraction of sp³-hybridized carbons (Fsp3) is 0.316. The third kappa shape index (κ3) is 5.67. The Labute approximate surface area is 156 Å². The van der Waals surface area contributed by atoms with Crippen LogP contribution in [0.5, 0.6) is 17.2 Å². The molecule has 0 heterocycles. The minimum Gasteiger partial charge on any atom is -0.497 e. The largest absolute Gasteiger partial charge is 0.497 e. The number of carbonyl (C=O) groups excluding carboxylic acids is 1. The third-order valence-corrected chi connectivity index (χ3v) is 3.96. The highest BCUT2D eigenvalue weighted by Crippen LogP contribution is 2.29. The van der Waals surface area contributed by atoms with Crippen molar-refractivity contribution < 1.29 is 23.7 Å². The summed E-state index contributed by atoms with van der Waals surface area (Å²) in [5.41, 5.74) is 1.00. The van der Waals surface area contributed by atoms with E-state index in [9.17, 15) is 4.79 Å². The predicted molar refractivity (Wildman–Crippen MR) is 98.6 cm³/mol. The maximum Gasteiger partial charge on any atom is 0.347 e. The summed E-state index contributed by atoms with van der Waals surface area (Å²) < 4.78 is 21.6. The molecule has 0 radical (unpaired) electrons. The Morgan fingerprint density at radius 3 is 2.32 bits per heavy atom. The van der Waals surface area contributed by atoms with E-state index >= 15 is 0 Å². The van der Waals surface area contributed by atoms with E-state index in [1.165, 1.54) is 7.11 Å². The second-order valence-corrected chi connectivity index (χ2v) is 5.98. The van der Waals surface area contributed by atoms with Crippen molar-refractivity contribution in [3.63, 3.8) is 0 Å². The quantitative estimate of drug-likeness (QED) is 0.463. The number of halogens is 1. The lowest BCUT2D eigenvalue weighted by Gasteiger charge is -2.18. The molecule has 0 unspecified atom stereocenters. The van der Waals surface area contributed by atoms with Gasteiger partial charge in [-0.05, 0) is 29.8 Å². The number of carbonyl (C=O) groups is 1. The molecule has 25 heavy (non-hydrogen) atoms. The molecule has 0 spiro atoms. The third-order valence-electron chi connectivity index (χ3n) is 3.51. The van der Waals surface area contributed by atoms with Crippen LogP contribution in [-0.4, -0.2) is 31.6 Å². The molecular formula is C19H21BrO5. The zero-order valence-electron chi connectivity index (χ0n) is 14.2. The van der Waals surface area contributed by atoms with Gasteiger partial charge in [-0.25, -0.2) is 4.79 Å². The van der Waals surface area contributed by atoms with E-state index in [1.54, 1.807) is 19.2 Å². The Bertz CT molecular complexity index is 672. The molecule has 2 rings (SSSR count). The fourth-order valence-corrected chi connectivity index (χ4v) is 2.57. The van der Waals surface area contributed by atoms with Crippen LogP contribution in [-0.2, 0) is 16.1 Å². The monoisotopic (exact) mass is 408 g/mol.